The van der Waals surface area contributed by atoms with Gasteiger partial charge in [0.2, 0.25) is 5.96 Å². The van der Waals surface area contributed by atoms with Gasteiger partial charge in [0, 0.05) is 18.5 Å². The number of hydrogen-bond donors (Lipinski definition) is 1. The number of nitrogens with two attached hydrogens (primary N) is 1. The third-order valence-electron chi connectivity index (χ3n) is 6.07. The van der Waals surface area contributed by atoms with Gasteiger partial charge in [-0.05, 0) is 73.6 Å². The molecule has 1 heterocycles. The first-order valence-corrected chi connectivity index (χ1v) is 11.4. The van der Waals surface area contributed by atoms with E-state index >= 15 is 0 Å². The molecule has 2 aromatic rings. The standard InChI is InChI=1S/C26H30ClN3O2/c1-4-19(14-18(2)27)21-11-12-23-24(15-21)32-30(3)25(28)29-17-26(31-23)13-7-10-20-8-5-6-9-22(20)16-26/h4-6,8-9,11-12,14-15H,7,10,13,16-17H2,1-3H3,(H2,28,29). The summed E-state index contributed by atoms with van der Waals surface area (Å²) in [7, 11) is 1.76. The van der Waals surface area contributed by atoms with Gasteiger partial charge in [-0.3, -0.25) is 0 Å². The van der Waals surface area contributed by atoms with Crippen LogP contribution in [-0.4, -0.2) is 30.2 Å². The van der Waals surface area contributed by atoms with Crippen molar-refractivity contribution in [3.8, 4) is 11.5 Å². The maximum atomic E-state index is 6.75. The Labute approximate surface area is 195 Å². The summed E-state index contributed by atoms with van der Waals surface area (Å²) in [6, 6.07) is 14.6. The Balaban J connectivity index is 1.78. The van der Waals surface area contributed by atoms with Gasteiger partial charge in [-0.25, -0.2) is 4.99 Å². The second-order valence-corrected chi connectivity index (χ2v) is 9.08. The molecule has 4 rings (SSSR count). The minimum atomic E-state index is -0.488. The molecule has 6 heteroatoms. The van der Waals surface area contributed by atoms with Gasteiger partial charge in [-0.1, -0.05) is 48.0 Å². The van der Waals surface area contributed by atoms with E-state index in [2.05, 4.69) is 29.3 Å². The van der Waals surface area contributed by atoms with Crippen LogP contribution in [0.25, 0.3) is 5.57 Å². The third kappa shape index (κ3) is 4.78. The maximum absolute atomic E-state index is 6.75. The van der Waals surface area contributed by atoms with Gasteiger partial charge in [0.05, 0.1) is 6.54 Å². The number of benzene rings is 2. The Kier molecular flexibility index (Phi) is 6.47. The molecule has 1 aliphatic carbocycles. The van der Waals surface area contributed by atoms with Crippen LogP contribution in [0.15, 0.2) is 64.6 Å². The van der Waals surface area contributed by atoms with Crippen molar-refractivity contribution in [3.05, 3.63) is 76.3 Å². The van der Waals surface area contributed by atoms with E-state index in [0.717, 1.165) is 36.8 Å². The van der Waals surface area contributed by atoms with Gasteiger partial charge in [-0.15, -0.1) is 0 Å². The number of nitrogens with zero attached hydrogens (tertiary/aromatic N) is 2. The second-order valence-electron chi connectivity index (χ2n) is 8.48. The Morgan fingerprint density at radius 2 is 1.97 bits per heavy atom. The van der Waals surface area contributed by atoms with Crippen LogP contribution < -0.4 is 15.3 Å². The number of aliphatic imine (C=N–C) groups is 1. The van der Waals surface area contributed by atoms with Crippen molar-refractivity contribution >= 4 is 23.1 Å². The summed E-state index contributed by atoms with van der Waals surface area (Å²) in [5, 5.41) is 2.21. The summed E-state index contributed by atoms with van der Waals surface area (Å²) < 4.78 is 6.75. The van der Waals surface area contributed by atoms with E-state index in [1.54, 1.807) is 7.05 Å². The van der Waals surface area contributed by atoms with Gasteiger partial charge in [0.15, 0.2) is 11.5 Å². The number of allylic oxidation sites excluding steroid dienone is 4. The predicted molar refractivity (Wildman–Crippen MR) is 131 cm³/mol. The first-order valence-electron chi connectivity index (χ1n) is 11.0. The SMILES string of the molecule is CC=C(C=C(C)Cl)c1ccc2c(c1)ON(C)C(N)=NCC1(CCCc3ccccc3C1)O2. The summed E-state index contributed by atoms with van der Waals surface area (Å²) in [6.07, 6.45) is 7.68. The molecule has 168 valence electrons. The molecule has 32 heavy (non-hydrogen) atoms. The van der Waals surface area contributed by atoms with E-state index in [-0.39, 0.29) is 0 Å². The van der Waals surface area contributed by atoms with Crippen LogP contribution in [0.5, 0.6) is 11.5 Å². The lowest BCUT2D eigenvalue weighted by atomic mass is 9.91. The molecule has 0 saturated carbocycles. The topological polar surface area (TPSA) is 60.1 Å². The van der Waals surface area contributed by atoms with Crippen molar-refractivity contribution in [1.29, 1.82) is 0 Å². The zero-order chi connectivity index (χ0) is 22.7. The fraction of sp³-hybridized carbons (Fsp3) is 0.346. The Bertz CT molecular complexity index is 1090. The maximum Gasteiger partial charge on any atom is 0.225 e. The highest BCUT2D eigenvalue weighted by atomic mass is 35.5. The highest BCUT2D eigenvalue weighted by molar-refractivity contribution is 6.29. The minimum Gasteiger partial charge on any atom is -0.481 e. The molecule has 0 saturated heterocycles. The fourth-order valence-corrected chi connectivity index (χ4v) is 4.53. The van der Waals surface area contributed by atoms with E-state index < -0.39 is 5.60 Å². The first-order chi connectivity index (χ1) is 15.4. The van der Waals surface area contributed by atoms with E-state index in [1.807, 2.05) is 44.2 Å². The molecule has 0 radical (unpaired) electrons. The van der Waals surface area contributed by atoms with Gasteiger partial charge in [0.1, 0.15) is 5.60 Å². The smallest absolute Gasteiger partial charge is 0.225 e. The van der Waals surface area contributed by atoms with Crippen LogP contribution >= 0.6 is 11.6 Å². The molecule has 0 amide bonds. The zero-order valence-corrected chi connectivity index (χ0v) is 19.7. The summed E-state index contributed by atoms with van der Waals surface area (Å²) in [6.45, 7) is 4.32. The molecule has 1 spiro atoms. The normalized spacial score (nSPS) is 21.8. The molecule has 2 aromatic carbocycles. The van der Waals surface area contributed by atoms with E-state index in [4.69, 9.17) is 26.9 Å². The number of ether oxygens (including phenoxy) is 1. The molecule has 0 fully saturated rings. The van der Waals surface area contributed by atoms with Crippen molar-refractivity contribution in [2.45, 2.75) is 45.1 Å². The number of halogens is 1. The Morgan fingerprint density at radius 1 is 1.19 bits per heavy atom. The molecule has 2 aliphatic rings. The average molecular weight is 452 g/mol. The minimum absolute atomic E-state index is 0.325. The molecule has 5 nitrogen and oxygen atoms in total. The van der Waals surface area contributed by atoms with Crippen LogP contribution in [0.3, 0.4) is 0 Å². The molecule has 1 unspecified atom stereocenters. The van der Waals surface area contributed by atoms with E-state index in [9.17, 15) is 0 Å². The second kappa shape index (κ2) is 9.29. The number of rotatable bonds is 2. The van der Waals surface area contributed by atoms with Crippen molar-refractivity contribution < 1.29 is 9.57 Å². The molecule has 0 bridgehead atoms. The molecule has 1 atom stereocenters. The van der Waals surface area contributed by atoms with Gasteiger partial charge < -0.3 is 15.3 Å². The Hall–Kier alpha value is -2.92. The monoisotopic (exact) mass is 451 g/mol. The van der Waals surface area contributed by atoms with Crippen LogP contribution in [0.4, 0.5) is 0 Å². The highest BCUT2D eigenvalue weighted by Crippen LogP contribution is 2.39. The summed E-state index contributed by atoms with van der Waals surface area (Å²) in [5.41, 5.74) is 10.4. The molecular formula is C26H30ClN3O2. The zero-order valence-electron chi connectivity index (χ0n) is 18.9. The predicted octanol–water partition coefficient (Wildman–Crippen LogP) is 5.48. The van der Waals surface area contributed by atoms with Crippen molar-refractivity contribution in [2.75, 3.05) is 13.6 Å². The molecular weight excluding hydrogens is 422 g/mol. The van der Waals surface area contributed by atoms with Crippen molar-refractivity contribution in [3.63, 3.8) is 0 Å². The lowest BCUT2D eigenvalue weighted by Crippen LogP contribution is -2.42. The number of fused-ring (bicyclic) bond motifs is 2. The molecule has 1 aliphatic heterocycles. The lowest BCUT2D eigenvalue weighted by molar-refractivity contribution is 0.0331. The largest absolute Gasteiger partial charge is 0.481 e. The van der Waals surface area contributed by atoms with Crippen LogP contribution in [-0.2, 0) is 12.8 Å². The highest BCUT2D eigenvalue weighted by Gasteiger charge is 2.37. The summed E-state index contributed by atoms with van der Waals surface area (Å²) >= 11 is 6.13. The summed E-state index contributed by atoms with van der Waals surface area (Å²) in [5.74, 6) is 1.61. The number of aryl methyl sites for hydroxylation is 1. The van der Waals surface area contributed by atoms with Gasteiger partial charge in [0.25, 0.3) is 0 Å². The van der Waals surface area contributed by atoms with Crippen LogP contribution in [0, 0.1) is 0 Å². The van der Waals surface area contributed by atoms with Gasteiger partial charge in [-0.2, -0.15) is 5.06 Å². The quantitative estimate of drug-likeness (QED) is 0.614. The fourth-order valence-electron chi connectivity index (χ4n) is 4.41. The van der Waals surface area contributed by atoms with Crippen LogP contribution in [0.2, 0.25) is 0 Å². The molecule has 2 N–H and O–H groups in total. The number of guanidine groups is 1. The average Bonchev–Trinajstić information content (AvgIpc) is 2.93. The van der Waals surface area contributed by atoms with Crippen molar-refractivity contribution in [1.82, 2.24) is 5.06 Å². The summed E-state index contributed by atoms with van der Waals surface area (Å²) in [4.78, 5) is 10.7. The first kappa shape index (κ1) is 22.3. The molecule has 0 aromatic heterocycles. The number of hydroxylamine groups is 2. The Morgan fingerprint density at radius 3 is 2.72 bits per heavy atom. The number of hydrogen-bond acceptors (Lipinski definition) is 5. The third-order valence-corrected chi connectivity index (χ3v) is 6.17. The van der Waals surface area contributed by atoms with E-state index in [0.29, 0.717) is 29.0 Å². The van der Waals surface area contributed by atoms with E-state index in [1.165, 1.54) is 16.2 Å². The van der Waals surface area contributed by atoms with Crippen molar-refractivity contribution in [2.24, 2.45) is 10.7 Å². The lowest BCUT2D eigenvalue weighted by Gasteiger charge is -2.32. The van der Waals surface area contributed by atoms with Gasteiger partial charge >= 0.3 is 0 Å². The van der Waals surface area contributed by atoms with Crippen LogP contribution in [0.1, 0.15) is 43.4 Å².